The minimum Gasteiger partial charge on any atom is -0.480 e. The molecule has 0 radical (unpaired) electrons. The number of hydrogen-bond donors (Lipinski definition) is 4. The van der Waals surface area contributed by atoms with Gasteiger partial charge in [-0.1, -0.05) is 0 Å². The van der Waals surface area contributed by atoms with Crippen molar-refractivity contribution in [1.29, 1.82) is 0 Å². The number of carboxylic acids is 1. The van der Waals surface area contributed by atoms with Crippen LogP contribution in [0.5, 0.6) is 0 Å². The highest BCUT2D eigenvalue weighted by atomic mass is 19.1. The second kappa shape index (κ2) is 7.17. The van der Waals surface area contributed by atoms with Crippen LogP contribution in [0.2, 0.25) is 0 Å². The maximum absolute atomic E-state index is 13.5. The van der Waals surface area contributed by atoms with Crippen molar-refractivity contribution in [3.8, 4) is 0 Å². The monoisotopic (exact) mass is 327 g/mol. The van der Waals surface area contributed by atoms with E-state index < -0.39 is 29.5 Å². The highest BCUT2D eigenvalue weighted by Crippen LogP contribution is 2.23. The van der Waals surface area contributed by atoms with Gasteiger partial charge in [0.1, 0.15) is 17.5 Å². The standard InChI is InChI=1S/C15H22FN3O4/c1-8-5-9(16)12(17)10(6-8)18-7-11(13(20)21)19-14(22)23-15(2,3)4/h5-6,11,18H,7,17H2,1-4H3,(H,19,22)(H,20,21)/t11-/m0/s1. The van der Waals surface area contributed by atoms with Crippen molar-refractivity contribution in [3.63, 3.8) is 0 Å². The van der Waals surface area contributed by atoms with E-state index in [0.717, 1.165) is 0 Å². The Morgan fingerprint density at radius 2 is 2.00 bits per heavy atom. The number of anilines is 2. The van der Waals surface area contributed by atoms with Crippen LogP contribution < -0.4 is 16.4 Å². The van der Waals surface area contributed by atoms with Gasteiger partial charge in [-0.2, -0.15) is 0 Å². The SMILES string of the molecule is Cc1cc(F)c(N)c(NC[C@H](NC(=O)OC(C)(C)C)C(=O)O)c1. The van der Waals surface area contributed by atoms with Gasteiger partial charge in [-0.05, 0) is 45.4 Å². The predicted molar refractivity (Wildman–Crippen MR) is 84.8 cm³/mol. The van der Waals surface area contributed by atoms with E-state index in [4.69, 9.17) is 15.6 Å². The average Bonchev–Trinajstić information content (AvgIpc) is 2.37. The number of hydrogen-bond acceptors (Lipinski definition) is 5. The number of benzene rings is 1. The Labute approximate surface area is 134 Å². The van der Waals surface area contributed by atoms with Gasteiger partial charge in [0.05, 0.1) is 11.4 Å². The van der Waals surface area contributed by atoms with Crippen molar-refractivity contribution in [2.75, 3.05) is 17.6 Å². The third kappa shape index (κ3) is 6.01. The molecule has 23 heavy (non-hydrogen) atoms. The van der Waals surface area contributed by atoms with Gasteiger partial charge in [-0.3, -0.25) is 0 Å². The van der Waals surface area contributed by atoms with Crippen LogP contribution in [-0.4, -0.2) is 35.4 Å². The Balaban J connectivity index is 2.75. The average molecular weight is 327 g/mol. The summed E-state index contributed by atoms with van der Waals surface area (Å²) in [5, 5.41) is 14.1. The molecule has 7 nitrogen and oxygen atoms in total. The molecule has 0 saturated heterocycles. The first kappa shape index (κ1) is 18.5. The summed E-state index contributed by atoms with van der Waals surface area (Å²) in [6.07, 6.45) is -0.852. The Bertz CT molecular complexity index is 599. The quantitative estimate of drug-likeness (QED) is 0.616. The molecule has 1 aromatic rings. The minimum atomic E-state index is -1.26. The maximum Gasteiger partial charge on any atom is 0.408 e. The number of carbonyl (C=O) groups excluding carboxylic acids is 1. The van der Waals surface area contributed by atoms with Crippen molar-refractivity contribution >= 4 is 23.4 Å². The topological polar surface area (TPSA) is 114 Å². The molecule has 5 N–H and O–H groups in total. The number of halogens is 1. The normalized spacial score (nSPS) is 12.4. The van der Waals surface area contributed by atoms with E-state index in [9.17, 15) is 14.0 Å². The third-order valence-corrected chi connectivity index (χ3v) is 2.76. The van der Waals surface area contributed by atoms with Crippen molar-refractivity contribution in [3.05, 3.63) is 23.5 Å². The molecular weight excluding hydrogens is 305 g/mol. The van der Waals surface area contributed by atoms with E-state index in [-0.39, 0.29) is 17.9 Å². The molecule has 0 aliphatic heterocycles. The molecule has 1 aromatic carbocycles. The lowest BCUT2D eigenvalue weighted by atomic mass is 10.1. The molecule has 1 amide bonds. The van der Waals surface area contributed by atoms with Gasteiger partial charge in [0.15, 0.2) is 0 Å². The van der Waals surface area contributed by atoms with Crippen molar-refractivity contribution < 1.29 is 23.8 Å². The number of aryl methyl sites for hydroxylation is 1. The van der Waals surface area contributed by atoms with Crippen molar-refractivity contribution in [2.24, 2.45) is 0 Å². The van der Waals surface area contributed by atoms with Gasteiger partial charge in [0, 0.05) is 6.54 Å². The Morgan fingerprint density at radius 1 is 1.39 bits per heavy atom. The number of carbonyl (C=O) groups is 2. The number of aliphatic carboxylic acids is 1. The van der Waals surface area contributed by atoms with Crippen LogP contribution in [0.3, 0.4) is 0 Å². The zero-order chi connectivity index (χ0) is 17.8. The summed E-state index contributed by atoms with van der Waals surface area (Å²) in [7, 11) is 0. The zero-order valence-electron chi connectivity index (χ0n) is 13.6. The molecule has 0 aromatic heterocycles. The van der Waals surface area contributed by atoms with Crippen LogP contribution in [0, 0.1) is 12.7 Å². The maximum atomic E-state index is 13.5. The summed E-state index contributed by atoms with van der Waals surface area (Å²) in [5.41, 5.74) is 5.64. The summed E-state index contributed by atoms with van der Waals surface area (Å²) in [6.45, 7) is 6.49. The lowest BCUT2D eigenvalue weighted by molar-refractivity contribution is -0.139. The summed E-state index contributed by atoms with van der Waals surface area (Å²) >= 11 is 0. The fraction of sp³-hybridized carbons (Fsp3) is 0.467. The number of nitrogens with one attached hydrogen (secondary N) is 2. The lowest BCUT2D eigenvalue weighted by Gasteiger charge is -2.22. The smallest absolute Gasteiger partial charge is 0.408 e. The summed E-state index contributed by atoms with van der Waals surface area (Å²) in [4.78, 5) is 22.9. The largest absolute Gasteiger partial charge is 0.480 e. The highest BCUT2D eigenvalue weighted by molar-refractivity contribution is 5.81. The van der Waals surface area contributed by atoms with Crippen LogP contribution in [0.15, 0.2) is 12.1 Å². The van der Waals surface area contributed by atoms with E-state index in [2.05, 4.69) is 10.6 Å². The number of amides is 1. The van der Waals surface area contributed by atoms with Crippen LogP contribution in [0.25, 0.3) is 0 Å². The summed E-state index contributed by atoms with van der Waals surface area (Å²) in [6, 6.07) is 1.60. The molecule has 0 saturated carbocycles. The summed E-state index contributed by atoms with van der Waals surface area (Å²) in [5.74, 6) is -1.85. The predicted octanol–water partition coefficient (Wildman–Crippen LogP) is 2.11. The molecular formula is C15H22FN3O4. The van der Waals surface area contributed by atoms with E-state index in [1.54, 1.807) is 33.8 Å². The number of ether oxygens (including phenoxy) is 1. The first-order chi connectivity index (χ1) is 10.5. The second-order valence-electron chi connectivity index (χ2n) is 6.13. The minimum absolute atomic E-state index is 0.114. The zero-order valence-corrected chi connectivity index (χ0v) is 13.6. The fourth-order valence-corrected chi connectivity index (χ4v) is 1.76. The van der Waals surface area contributed by atoms with E-state index in [1.165, 1.54) is 6.07 Å². The number of nitrogen functional groups attached to an aromatic ring is 1. The molecule has 0 unspecified atom stereocenters. The van der Waals surface area contributed by atoms with Crippen LogP contribution >= 0.6 is 0 Å². The molecule has 0 spiro atoms. The van der Waals surface area contributed by atoms with Crippen LogP contribution in [-0.2, 0) is 9.53 Å². The highest BCUT2D eigenvalue weighted by Gasteiger charge is 2.24. The molecule has 1 rings (SSSR count). The lowest BCUT2D eigenvalue weighted by Crippen LogP contribution is -2.47. The Hall–Kier alpha value is -2.51. The van der Waals surface area contributed by atoms with Gasteiger partial charge in [0.2, 0.25) is 0 Å². The van der Waals surface area contributed by atoms with Gasteiger partial charge in [-0.25, -0.2) is 14.0 Å². The molecule has 0 aliphatic carbocycles. The molecule has 128 valence electrons. The van der Waals surface area contributed by atoms with Gasteiger partial charge in [0.25, 0.3) is 0 Å². The van der Waals surface area contributed by atoms with Crippen molar-refractivity contribution in [2.45, 2.75) is 39.3 Å². The molecule has 1 atom stereocenters. The first-order valence-electron chi connectivity index (χ1n) is 7.01. The molecule has 0 heterocycles. The third-order valence-electron chi connectivity index (χ3n) is 2.76. The Kier molecular flexibility index (Phi) is 5.78. The molecule has 0 bridgehead atoms. The van der Waals surface area contributed by atoms with Gasteiger partial charge in [-0.15, -0.1) is 0 Å². The van der Waals surface area contributed by atoms with Gasteiger partial charge >= 0.3 is 12.1 Å². The van der Waals surface area contributed by atoms with Crippen molar-refractivity contribution in [1.82, 2.24) is 5.32 Å². The molecule has 8 heteroatoms. The Morgan fingerprint density at radius 3 is 2.52 bits per heavy atom. The molecule has 0 fully saturated rings. The molecule has 0 aliphatic rings. The number of carboxylic acid groups (broad SMARTS) is 1. The number of nitrogens with two attached hydrogens (primary N) is 1. The first-order valence-corrected chi connectivity index (χ1v) is 7.01. The fourth-order valence-electron chi connectivity index (χ4n) is 1.76. The number of rotatable bonds is 5. The van der Waals surface area contributed by atoms with Crippen LogP contribution in [0.1, 0.15) is 26.3 Å². The van der Waals surface area contributed by atoms with Gasteiger partial charge < -0.3 is 26.2 Å². The van der Waals surface area contributed by atoms with E-state index >= 15 is 0 Å². The number of alkyl carbamates (subject to hydrolysis) is 1. The van der Waals surface area contributed by atoms with E-state index in [1.807, 2.05) is 0 Å². The summed E-state index contributed by atoms with van der Waals surface area (Å²) < 4.78 is 18.6. The van der Waals surface area contributed by atoms with Crippen LogP contribution in [0.4, 0.5) is 20.6 Å². The van der Waals surface area contributed by atoms with E-state index in [0.29, 0.717) is 5.56 Å². The second-order valence-corrected chi connectivity index (χ2v) is 6.13.